The number of hydrogen-bond donors (Lipinski definition) is 1. The maximum Gasteiger partial charge on any atom is 0.265 e. The van der Waals surface area contributed by atoms with E-state index in [1.807, 2.05) is 0 Å². The number of nitrogens with two attached hydrogens (primary N) is 1. The molecule has 0 aliphatic heterocycles. The maximum atomic E-state index is 12.9. The molecule has 0 aromatic heterocycles. The van der Waals surface area contributed by atoms with Crippen LogP contribution in [0, 0.1) is 5.82 Å². The minimum absolute atomic E-state index is 0.0288. The fraction of sp³-hybridized carbons (Fsp3) is 0.143. The molecule has 4 nitrogen and oxygen atoms in total. The molecule has 0 aliphatic rings. The Morgan fingerprint density at radius 3 is 2.38 bits per heavy atom. The molecule has 2 N–H and O–H groups in total. The third-order valence-electron chi connectivity index (χ3n) is 3.06. The molecule has 0 atom stereocenters. The molecule has 0 fully saturated rings. The van der Waals surface area contributed by atoms with Crippen LogP contribution in [0.1, 0.15) is 5.56 Å². The van der Waals surface area contributed by atoms with Crippen LogP contribution in [0.3, 0.4) is 0 Å². The summed E-state index contributed by atoms with van der Waals surface area (Å²) in [5.74, 6) is -0.437. The Morgan fingerprint density at radius 2 is 1.81 bits per heavy atom. The highest BCUT2D eigenvalue weighted by molar-refractivity contribution is 7.93. The normalized spacial score (nSPS) is 11.4. The molecule has 0 aliphatic carbocycles. The monoisotopic (exact) mass is 328 g/mol. The van der Waals surface area contributed by atoms with Gasteiger partial charge in [-0.1, -0.05) is 17.7 Å². The molecule has 0 saturated carbocycles. The number of halogens is 2. The summed E-state index contributed by atoms with van der Waals surface area (Å²) in [6.07, 6.45) is 0. The predicted molar refractivity (Wildman–Crippen MR) is 81.3 cm³/mol. The first-order valence-electron chi connectivity index (χ1n) is 6.09. The zero-order chi connectivity index (χ0) is 15.6. The van der Waals surface area contributed by atoms with Crippen molar-refractivity contribution in [1.82, 2.24) is 0 Å². The fourth-order valence-corrected chi connectivity index (χ4v) is 3.53. The Labute approximate surface area is 128 Å². The van der Waals surface area contributed by atoms with E-state index >= 15 is 0 Å². The first-order valence-corrected chi connectivity index (χ1v) is 7.91. The summed E-state index contributed by atoms with van der Waals surface area (Å²) in [6.45, 7) is 0.208. The van der Waals surface area contributed by atoms with Gasteiger partial charge in [0, 0.05) is 13.6 Å². The second-order valence-corrected chi connectivity index (χ2v) is 6.76. The van der Waals surface area contributed by atoms with Crippen molar-refractivity contribution in [2.45, 2.75) is 11.4 Å². The van der Waals surface area contributed by atoms with E-state index in [0.717, 1.165) is 4.31 Å². The lowest BCUT2D eigenvalue weighted by Crippen LogP contribution is -2.27. The van der Waals surface area contributed by atoms with Crippen LogP contribution in [0.15, 0.2) is 47.4 Å². The number of benzene rings is 2. The molecule has 0 bridgehead atoms. The number of nitrogens with zero attached hydrogens (tertiary/aromatic N) is 1. The van der Waals surface area contributed by atoms with Gasteiger partial charge in [-0.3, -0.25) is 4.31 Å². The topological polar surface area (TPSA) is 63.4 Å². The molecule has 0 unspecified atom stereocenters. The molecule has 2 aromatic carbocycles. The van der Waals surface area contributed by atoms with E-state index in [1.165, 1.54) is 43.4 Å². The number of anilines is 1. The number of rotatable bonds is 4. The van der Waals surface area contributed by atoms with Crippen molar-refractivity contribution in [3.05, 3.63) is 58.9 Å². The predicted octanol–water partition coefficient (Wildman–Crippen LogP) is 2.76. The molecule has 0 saturated heterocycles. The summed E-state index contributed by atoms with van der Waals surface area (Å²) in [5, 5.41) is 0.112. The summed E-state index contributed by atoms with van der Waals surface area (Å²) in [4.78, 5) is -0.0288. The Morgan fingerprint density at radius 1 is 1.19 bits per heavy atom. The van der Waals surface area contributed by atoms with Gasteiger partial charge in [-0.2, -0.15) is 0 Å². The van der Waals surface area contributed by atoms with E-state index in [-0.39, 0.29) is 16.5 Å². The first kappa shape index (κ1) is 15.8. The van der Waals surface area contributed by atoms with Crippen LogP contribution >= 0.6 is 11.6 Å². The van der Waals surface area contributed by atoms with Gasteiger partial charge < -0.3 is 5.73 Å². The number of sulfonamides is 1. The zero-order valence-corrected chi connectivity index (χ0v) is 12.8. The van der Waals surface area contributed by atoms with Crippen molar-refractivity contribution in [3.63, 3.8) is 0 Å². The second kappa shape index (κ2) is 6.01. The molecule has 0 radical (unpaired) electrons. The van der Waals surface area contributed by atoms with E-state index in [9.17, 15) is 12.8 Å². The molecule has 2 rings (SSSR count). The highest BCUT2D eigenvalue weighted by Gasteiger charge is 2.24. The van der Waals surface area contributed by atoms with Gasteiger partial charge in [-0.15, -0.1) is 0 Å². The lowest BCUT2D eigenvalue weighted by Gasteiger charge is -2.20. The lowest BCUT2D eigenvalue weighted by atomic mass is 10.2. The fourth-order valence-electron chi connectivity index (χ4n) is 1.81. The summed E-state index contributed by atoms with van der Waals surface area (Å²) >= 11 is 5.99. The summed E-state index contributed by atoms with van der Waals surface area (Å²) < 4.78 is 39.2. The summed E-state index contributed by atoms with van der Waals surface area (Å²) in [6, 6.07) is 9.76. The molecular weight excluding hydrogens is 315 g/mol. The van der Waals surface area contributed by atoms with Crippen LogP contribution in [0.5, 0.6) is 0 Å². The minimum Gasteiger partial charge on any atom is -0.326 e. The summed E-state index contributed by atoms with van der Waals surface area (Å²) in [7, 11) is -2.46. The molecule has 2 aromatic rings. The van der Waals surface area contributed by atoms with Gasteiger partial charge in [0.1, 0.15) is 10.7 Å². The molecule has 0 heterocycles. The molecule has 21 heavy (non-hydrogen) atoms. The van der Waals surface area contributed by atoms with Crippen molar-refractivity contribution >= 4 is 27.3 Å². The van der Waals surface area contributed by atoms with Crippen LogP contribution in [0.2, 0.25) is 5.02 Å². The van der Waals surface area contributed by atoms with Crippen LogP contribution in [-0.2, 0) is 16.6 Å². The Kier molecular flexibility index (Phi) is 4.51. The van der Waals surface area contributed by atoms with E-state index in [4.69, 9.17) is 17.3 Å². The molecular formula is C14H14ClFN2O2S. The third kappa shape index (κ3) is 3.18. The van der Waals surface area contributed by atoms with E-state index < -0.39 is 15.8 Å². The Balaban J connectivity index is 2.48. The highest BCUT2D eigenvalue weighted by atomic mass is 35.5. The molecule has 0 spiro atoms. The van der Waals surface area contributed by atoms with Crippen molar-refractivity contribution in [1.29, 1.82) is 0 Å². The van der Waals surface area contributed by atoms with Gasteiger partial charge >= 0.3 is 0 Å². The largest absolute Gasteiger partial charge is 0.326 e. The average molecular weight is 329 g/mol. The van der Waals surface area contributed by atoms with Gasteiger partial charge in [0.25, 0.3) is 10.0 Å². The van der Waals surface area contributed by atoms with Crippen LogP contribution in [0.4, 0.5) is 10.1 Å². The van der Waals surface area contributed by atoms with Crippen LogP contribution in [-0.4, -0.2) is 15.5 Å². The molecule has 0 amide bonds. The van der Waals surface area contributed by atoms with E-state index in [1.54, 1.807) is 6.07 Å². The number of hydrogen-bond acceptors (Lipinski definition) is 3. The van der Waals surface area contributed by atoms with Crippen molar-refractivity contribution in [2.24, 2.45) is 5.73 Å². The maximum absolute atomic E-state index is 12.9. The molecule has 112 valence electrons. The van der Waals surface area contributed by atoms with Crippen molar-refractivity contribution in [2.75, 3.05) is 11.4 Å². The first-order chi connectivity index (χ1) is 9.86. The smallest absolute Gasteiger partial charge is 0.265 e. The van der Waals surface area contributed by atoms with Crippen molar-refractivity contribution < 1.29 is 12.8 Å². The Hall–Kier alpha value is -1.63. The highest BCUT2D eigenvalue weighted by Crippen LogP contribution is 2.28. The van der Waals surface area contributed by atoms with Gasteiger partial charge in [0.2, 0.25) is 0 Å². The Bertz CT molecular complexity index is 748. The van der Waals surface area contributed by atoms with Gasteiger partial charge in [0.15, 0.2) is 0 Å². The van der Waals surface area contributed by atoms with Crippen LogP contribution in [0.25, 0.3) is 0 Å². The lowest BCUT2D eigenvalue weighted by molar-refractivity contribution is 0.594. The summed E-state index contributed by atoms with van der Waals surface area (Å²) in [5.41, 5.74) is 6.52. The van der Waals surface area contributed by atoms with E-state index in [0.29, 0.717) is 11.3 Å². The van der Waals surface area contributed by atoms with Gasteiger partial charge in [-0.05, 0) is 42.0 Å². The molecule has 7 heteroatoms. The minimum atomic E-state index is -3.84. The standard InChI is InChI=1S/C14H14ClFN2O2S/c1-18(12-5-3-11(16)4-6-12)21(19,20)14-8-10(9-17)2-7-13(14)15/h2-8H,9,17H2,1H3. The quantitative estimate of drug-likeness (QED) is 0.938. The van der Waals surface area contributed by atoms with Crippen molar-refractivity contribution in [3.8, 4) is 0 Å². The average Bonchev–Trinajstić information content (AvgIpc) is 2.47. The van der Waals surface area contributed by atoms with Gasteiger partial charge in [-0.25, -0.2) is 12.8 Å². The SMILES string of the molecule is CN(c1ccc(F)cc1)S(=O)(=O)c1cc(CN)ccc1Cl. The third-order valence-corrected chi connectivity index (χ3v) is 5.33. The van der Waals surface area contributed by atoms with E-state index in [2.05, 4.69) is 0 Å². The van der Waals surface area contributed by atoms with Gasteiger partial charge in [0.05, 0.1) is 10.7 Å². The zero-order valence-electron chi connectivity index (χ0n) is 11.3. The van der Waals surface area contributed by atoms with Crippen LogP contribution < -0.4 is 10.0 Å². The second-order valence-electron chi connectivity index (χ2n) is 4.42.